The molecule has 0 saturated carbocycles. The molecule has 2 N–H and O–H groups in total. The Bertz CT molecular complexity index is 541. The van der Waals surface area contributed by atoms with Gasteiger partial charge in [-0.1, -0.05) is 0 Å². The lowest BCUT2D eigenvalue weighted by atomic mass is 10.1. The smallest absolute Gasteiger partial charge is 0.231 e. The van der Waals surface area contributed by atoms with E-state index in [1.54, 1.807) is 0 Å². The number of rotatable bonds is 4. The molecule has 126 valence electrons. The van der Waals surface area contributed by atoms with Crippen LogP contribution in [0.2, 0.25) is 0 Å². The molecule has 2 saturated heterocycles. The minimum absolute atomic E-state index is 0.261. The first-order chi connectivity index (χ1) is 11.2. The third-order valence-electron chi connectivity index (χ3n) is 4.26. The summed E-state index contributed by atoms with van der Waals surface area (Å²) in [7, 11) is 0. The summed E-state index contributed by atoms with van der Waals surface area (Å²) in [5.74, 6) is 1.55. The van der Waals surface area contributed by atoms with Gasteiger partial charge in [-0.15, -0.1) is 0 Å². The summed E-state index contributed by atoms with van der Waals surface area (Å²) in [5.41, 5.74) is 0.949. The lowest BCUT2D eigenvalue weighted by molar-refractivity contribution is 0.114. The number of ether oxygens (including phenoxy) is 1. The highest BCUT2D eigenvalue weighted by Crippen LogP contribution is 2.19. The van der Waals surface area contributed by atoms with Gasteiger partial charge in [0.1, 0.15) is 5.82 Å². The summed E-state index contributed by atoms with van der Waals surface area (Å²) in [6.07, 6.45) is 6.25. The fraction of sp³-hybridized carbons (Fsp3) is 0.688. The maximum Gasteiger partial charge on any atom is 0.231 e. The van der Waals surface area contributed by atoms with Crippen molar-refractivity contribution in [3.63, 3.8) is 0 Å². The highest BCUT2D eigenvalue weighted by atomic mass is 32.1. The van der Waals surface area contributed by atoms with Crippen LogP contribution >= 0.6 is 12.2 Å². The zero-order valence-corrected chi connectivity index (χ0v) is 14.5. The number of hydrogen-bond acceptors (Lipinski definition) is 5. The quantitative estimate of drug-likeness (QED) is 0.818. The molecule has 2 aliphatic rings. The van der Waals surface area contributed by atoms with Gasteiger partial charge >= 0.3 is 0 Å². The summed E-state index contributed by atoms with van der Waals surface area (Å²) < 4.78 is 5.58. The molecule has 23 heavy (non-hydrogen) atoms. The molecule has 1 atom stereocenters. The third kappa shape index (κ3) is 4.75. The maximum atomic E-state index is 5.58. The van der Waals surface area contributed by atoms with Crippen LogP contribution in [0.3, 0.4) is 0 Å². The Morgan fingerprint density at radius 3 is 2.87 bits per heavy atom. The predicted molar refractivity (Wildman–Crippen MR) is 96.0 cm³/mol. The largest absolute Gasteiger partial charge is 0.376 e. The lowest BCUT2D eigenvalue weighted by Crippen LogP contribution is -2.35. The van der Waals surface area contributed by atoms with Crippen LogP contribution in [0.1, 0.15) is 37.8 Å². The van der Waals surface area contributed by atoms with Gasteiger partial charge in [0.15, 0.2) is 5.11 Å². The second kappa shape index (κ2) is 7.88. The van der Waals surface area contributed by atoms with Crippen LogP contribution in [0.15, 0.2) is 6.07 Å². The monoisotopic (exact) mass is 335 g/mol. The van der Waals surface area contributed by atoms with Gasteiger partial charge in [-0.3, -0.25) is 0 Å². The number of hydrogen-bond donors (Lipinski definition) is 2. The number of piperidine rings is 1. The van der Waals surface area contributed by atoms with Crippen molar-refractivity contribution in [3.05, 3.63) is 11.8 Å². The minimum atomic E-state index is 0.261. The van der Waals surface area contributed by atoms with Crippen LogP contribution in [-0.2, 0) is 4.74 Å². The van der Waals surface area contributed by atoms with E-state index < -0.39 is 0 Å². The van der Waals surface area contributed by atoms with E-state index in [1.165, 1.54) is 19.3 Å². The van der Waals surface area contributed by atoms with Gasteiger partial charge in [0.05, 0.1) is 6.10 Å². The normalized spacial score (nSPS) is 21.3. The summed E-state index contributed by atoms with van der Waals surface area (Å²) in [6.45, 7) is 5.71. The second-order valence-electron chi connectivity index (χ2n) is 6.21. The zero-order chi connectivity index (χ0) is 16.1. The van der Waals surface area contributed by atoms with Gasteiger partial charge in [-0.25, -0.2) is 4.98 Å². The molecule has 0 bridgehead atoms. The highest BCUT2D eigenvalue weighted by Gasteiger charge is 2.16. The summed E-state index contributed by atoms with van der Waals surface area (Å²) in [4.78, 5) is 11.4. The molecule has 2 fully saturated rings. The van der Waals surface area contributed by atoms with Crippen molar-refractivity contribution in [3.8, 4) is 0 Å². The van der Waals surface area contributed by atoms with Crippen LogP contribution in [0.5, 0.6) is 0 Å². The van der Waals surface area contributed by atoms with Crippen LogP contribution < -0.4 is 15.5 Å². The van der Waals surface area contributed by atoms with Gasteiger partial charge in [-0.2, -0.15) is 4.98 Å². The number of aryl methyl sites for hydroxylation is 1. The Kier molecular flexibility index (Phi) is 5.61. The highest BCUT2D eigenvalue weighted by molar-refractivity contribution is 7.80. The Labute approximate surface area is 143 Å². The zero-order valence-electron chi connectivity index (χ0n) is 13.7. The molecule has 7 heteroatoms. The van der Waals surface area contributed by atoms with Crippen molar-refractivity contribution in [2.75, 3.05) is 36.5 Å². The Balaban J connectivity index is 1.57. The number of thiocarbonyl (C=S) groups is 1. The molecule has 0 spiro atoms. The molecule has 2 aliphatic heterocycles. The van der Waals surface area contributed by atoms with Crippen LogP contribution in [-0.4, -0.2) is 47.4 Å². The first-order valence-electron chi connectivity index (χ1n) is 8.48. The van der Waals surface area contributed by atoms with Crippen molar-refractivity contribution in [1.82, 2.24) is 15.3 Å². The number of nitrogens with zero attached hydrogens (tertiary/aromatic N) is 3. The third-order valence-corrected chi connectivity index (χ3v) is 4.51. The Morgan fingerprint density at radius 2 is 2.13 bits per heavy atom. The Hall–Kier alpha value is -1.47. The molecular weight excluding hydrogens is 310 g/mol. The minimum Gasteiger partial charge on any atom is -0.376 e. The first kappa shape index (κ1) is 16.4. The summed E-state index contributed by atoms with van der Waals surface area (Å²) >= 11 is 5.34. The molecule has 1 unspecified atom stereocenters. The van der Waals surface area contributed by atoms with E-state index in [0.29, 0.717) is 11.1 Å². The molecule has 1 aromatic heterocycles. The Morgan fingerprint density at radius 1 is 1.30 bits per heavy atom. The van der Waals surface area contributed by atoms with E-state index in [0.717, 1.165) is 50.6 Å². The molecule has 1 aromatic rings. The van der Waals surface area contributed by atoms with Gasteiger partial charge in [0.2, 0.25) is 5.95 Å². The van der Waals surface area contributed by atoms with Crippen LogP contribution in [0, 0.1) is 6.92 Å². The lowest BCUT2D eigenvalue weighted by Gasteiger charge is -2.28. The average Bonchev–Trinajstić information content (AvgIpc) is 3.07. The fourth-order valence-corrected chi connectivity index (χ4v) is 3.23. The van der Waals surface area contributed by atoms with Crippen molar-refractivity contribution >= 4 is 29.1 Å². The van der Waals surface area contributed by atoms with Crippen LogP contribution in [0.4, 0.5) is 11.8 Å². The number of nitrogens with one attached hydrogen (secondary N) is 2. The molecule has 3 rings (SSSR count). The number of anilines is 2. The summed E-state index contributed by atoms with van der Waals surface area (Å²) in [6, 6.07) is 2.04. The van der Waals surface area contributed by atoms with E-state index >= 15 is 0 Å². The molecular formula is C16H25N5OS. The van der Waals surface area contributed by atoms with Gasteiger partial charge in [-0.05, 0) is 51.2 Å². The number of aromatic nitrogens is 2. The summed E-state index contributed by atoms with van der Waals surface area (Å²) in [5, 5.41) is 6.85. The van der Waals surface area contributed by atoms with Crippen molar-refractivity contribution in [2.45, 2.75) is 45.1 Å². The van der Waals surface area contributed by atoms with Crippen molar-refractivity contribution in [1.29, 1.82) is 0 Å². The predicted octanol–water partition coefficient (Wildman–Crippen LogP) is 2.24. The molecule has 0 aromatic carbocycles. The fourth-order valence-electron chi connectivity index (χ4n) is 3.05. The molecule has 0 amide bonds. The van der Waals surface area contributed by atoms with E-state index in [-0.39, 0.29) is 6.10 Å². The molecule has 0 radical (unpaired) electrons. The average molecular weight is 335 g/mol. The molecule has 0 aliphatic carbocycles. The van der Waals surface area contributed by atoms with E-state index in [4.69, 9.17) is 17.0 Å². The van der Waals surface area contributed by atoms with Crippen molar-refractivity contribution in [2.24, 2.45) is 0 Å². The van der Waals surface area contributed by atoms with Gasteiger partial charge < -0.3 is 20.3 Å². The van der Waals surface area contributed by atoms with E-state index in [9.17, 15) is 0 Å². The topological polar surface area (TPSA) is 62.3 Å². The standard InChI is InChI=1S/C16H25N5OS/c1-12-10-14(21-7-3-2-4-8-21)19-15(18-12)20-16(23)17-11-13-6-5-9-22-13/h10,13H,2-9,11H2,1H3,(H2,17,18,19,20,23). The SMILES string of the molecule is Cc1cc(N2CCCCC2)nc(NC(=S)NCC2CCCO2)n1. The van der Waals surface area contributed by atoms with E-state index in [1.807, 2.05) is 13.0 Å². The van der Waals surface area contributed by atoms with Gasteiger partial charge in [0.25, 0.3) is 0 Å². The molecule has 6 nitrogen and oxygen atoms in total. The molecule has 3 heterocycles. The van der Waals surface area contributed by atoms with Crippen LogP contribution in [0.25, 0.3) is 0 Å². The second-order valence-corrected chi connectivity index (χ2v) is 6.62. The maximum absolute atomic E-state index is 5.58. The van der Waals surface area contributed by atoms with E-state index in [2.05, 4.69) is 25.5 Å². The first-order valence-corrected chi connectivity index (χ1v) is 8.88. The van der Waals surface area contributed by atoms with Gasteiger partial charge in [0, 0.05) is 38.0 Å². The van der Waals surface area contributed by atoms with Crippen molar-refractivity contribution < 1.29 is 4.74 Å².